The number of rotatable bonds is 10. The van der Waals surface area contributed by atoms with Gasteiger partial charge in [-0.2, -0.15) is 5.10 Å². The van der Waals surface area contributed by atoms with Crippen LogP contribution in [0.1, 0.15) is 6.92 Å². The van der Waals surface area contributed by atoms with Crippen LogP contribution in [0.15, 0.2) is 54.7 Å². The fraction of sp³-hybridized carbons (Fsp3) is 0.370. The van der Waals surface area contributed by atoms with Gasteiger partial charge in [0.1, 0.15) is 23.9 Å². The van der Waals surface area contributed by atoms with Crippen molar-refractivity contribution in [3.63, 3.8) is 0 Å². The molecule has 1 N–H and O–H groups in total. The molecule has 0 spiro atoms. The SMILES string of the molecule is COc1ccc(OCC(=O)Nc2ccc(OCCN3CCN(C(C)=O)CC3)c(-c3ccnn3C)c2)cc1. The van der Waals surface area contributed by atoms with Crippen molar-refractivity contribution in [2.45, 2.75) is 6.92 Å². The smallest absolute Gasteiger partial charge is 0.262 e. The number of anilines is 1. The van der Waals surface area contributed by atoms with E-state index in [2.05, 4.69) is 15.3 Å². The van der Waals surface area contributed by atoms with Gasteiger partial charge in [0.25, 0.3) is 5.91 Å². The summed E-state index contributed by atoms with van der Waals surface area (Å²) < 4.78 is 18.6. The second kappa shape index (κ2) is 12.3. The standard InChI is InChI=1S/C27H33N5O5/c1-20(33)32-14-12-31(13-15-32)16-17-36-26-9-4-21(18-24(26)25-10-11-28-30(25)2)29-27(34)19-37-23-7-5-22(35-3)6-8-23/h4-11,18H,12-17,19H2,1-3H3,(H,29,34). The van der Waals surface area contributed by atoms with E-state index in [9.17, 15) is 9.59 Å². The monoisotopic (exact) mass is 507 g/mol. The van der Waals surface area contributed by atoms with E-state index in [0.717, 1.165) is 49.7 Å². The summed E-state index contributed by atoms with van der Waals surface area (Å²) in [6, 6.07) is 14.5. The van der Waals surface area contributed by atoms with Crippen LogP contribution in [0.4, 0.5) is 5.69 Å². The number of carbonyl (C=O) groups is 2. The van der Waals surface area contributed by atoms with Crippen molar-refractivity contribution in [2.75, 3.05) is 58.4 Å². The number of nitrogens with one attached hydrogen (secondary N) is 1. The summed E-state index contributed by atoms with van der Waals surface area (Å²) in [6.45, 7) is 5.91. The Labute approximate surface area is 216 Å². The Morgan fingerprint density at radius 2 is 1.70 bits per heavy atom. The van der Waals surface area contributed by atoms with Crippen molar-refractivity contribution in [1.29, 1.82) is 0 Å². The maximum Gasteiger partial charge on any atom is 0.262 e. The van der Waals surface area contributed by atoms with Gasteiger partial charge in [0.15, 0.2) is 6.61 Å². The van der Waals surface area contributed by atoms with Crippen molar-refractivity contribution in [3.05, 3.63) is 54.7 Å². The van der Waals surface area contributed by atoms with E-state index in [0.29, 0.717) is 23.8 Å². The topological polar surface area (TPSA) is 98.2 Å². The summed E-state index contributed by atoms with van der Waals surface area (Å²) in [5.74, 6) is 1.86. The molecule has 196 valence electrons. The van der Waals surface area contributed by atoms with Gasteiger partial charge in [-0.3, -0.25) is 19.2 Å². The minimum atomic E-state index is -0.273. The van der Waals surface area contributed by atoms with Crippen LogP contribution < -0.4 is 19.5 Å². The highest BCUT2D eigenvalue weighted by atomic mass is 16.5. The third kappa shape index (κ3) is 7.01. The third-order valence-electron chi connectivity index (χ3n) is 6.27. The fourth-order valence-electron chi connectivity index (χ4n) is 4.16. The number of carbonyl (C=O) groups excluding carboxylic acids is 2. The molecule has 4 rings (SSSR count). The zero-order chi connectivity index (χ0) is 26.2. The molecule has 1 aromatic heterocycles. The molecule has 0 unspecified atom stereocenters. The van der Waals surface area contributed by atoms with Gasteiger partial charge in [0.05, 0.1) is 12.8 Å². The first kappa shape index (κ1) is 26.0. The van der Waals surface area contributed by atoms with Gasteiger partial charge >= 0.3 is 0 Å². The zero-order valence-corrected chi connectivity index (χ0v) is 21.5. The predicted octanol–water partition coefficient (Wildman–Crippen LogP) is 2.66. The third-order valence-corrected chi connectivity index (χ3v) is 6.27. The van der Waals surface area contributed by atoms with E-state index < -0.39 is 0 Å². The Balaban J connectivity index is 1.36. The van der Waals surface area contributed by atoms with Crippen LogP contribution in [-0.2, 0) is 16.6 Å². The Morgan fingerprint density at radius 3 is 2.35 bits per heavy atom. The quantitative estimate of drug-likeness (QED) is 0.451. The van der Waals surface area contributed by atoms with Gasteiger partial charge in [-0.15, -0.1) is 0 Å². The molecule has 1 aliphatic rings. The number of hydrogen-bond donors (Lipinski definition) is 1. The van der Waals surface area contributed by atoms with Crippen LogP contribution in [0.5, 0.6) is 17.2 Å². The molecule has 1 saturated heterocycles. The highest BCUT2D eigenvalue weighted by Crippen LogP contribution is 2.32. The molecule has 2 aromatic carbocycles. The molecule has 10 nitrogen and oxygen atoms in total. The lowest BCUT2D eigenvalue weighted by Crippen LogP contribution is -2.48. The van der Waals surface area contributed by atoms with E-state index in [4.69, 9.17) is 14.2 Å². The summed E-state index contributed by atoms with van der Waals surface area (Å²) in [5.41, 5.74) is 2.33. The number of amides is 2. The number of aryl methyl sites for hydroxylation is 1. The van der Waals surface area contributed by atoms with E-state index in [1.807, 2.05) is 36.2 Å². The number of ether oxygens (including phenoxy) is 3. The van der Waals surface area contributed by atoms with Crippen molar-refractivity contribution in [2.24, 2.45) is 7.05 Å². The largest absolute Gasteiger partial charge is 0.497 e. The van der Waals surface area contributed by atoms with Crippen LogP contribution in [0, 0.1) is 0 Å². The maximum atomic E-state index is 12.5. The Hall–Kier alpha value is -4.05. The Morgan fingerprint density at radius 1 is 0.973 bits per heavy atom. The molecule has 0 bridgehead atoms. The number of nitrogens with zero attached hydrogens (tertiary/aromatic N) is 4. The maximum absolute atomic E-state index is 12.5. The summed E-state index contributed by atoms with van der Waals surface area (Å²) in [5, 5.41) is 7.17. The molecule has 1 aliphatic heterocycles. The van der Waals surface area contributed by atoms with Crippen LogP contribution in [0.2, 0.25) is 0 Å². The molecule has 2 heterocycles. The lowest BCUT2D eigenvalue weighted by atomic mass is 10.1. The first-order valence-electron chi connectivity index (χ1n) is 12.2. The van der Waals surface area contributed by atoms with E-state index in [-0.39, 0.29) is 18.4 Å². The molecule has 0 radical (unpaired) electrons. The summed E-state index contributed by atoms with van der Waals surface area (Å²) in [6.07, 6.45) is 1.72. The number of aromatic nitrogens is 2. The molecule has 0 saturated carbocycles. The normalized spacial score (nSPS) is 13.8. The molecule has 3 aromatic rings. The number of hydrogen-bond acceptors (Lipinski definition) is 7. The first-order chi connectivity index (χ1) is 17.9. The van der Waals surface area contributed by atoms with E-state index >= 15 is 0 Å². The van der Waals surface area contributed by atoms with Gasteiger partial charge < -0.3 is 24.4 Å². The first-order valence-corrected chi connectivity index (χ1v) is 12.2. The van der Waals surface area contributed by atoms with Gasteiger partial charge in [0.2, 0.25) is 5.91 Å². The van der Waals surface area contributed by atoms with Crippen molar-refractivity contribution < 1.29 is 23.8 Å². The van der Waals surface area contributed by atoms with Gasteiger partial charge in [0, 0.05) is 64.1 Å². The van der Waals surface area contributed by atoms with Gasteiger partial charge in [-0.05, 0) is 48.5 Å². The Kier molecular flexibility index (Phi) is 8.63. The van der Waals surface area contributed by atoms with Gasteiger partial charge in [-0.25, -0.2) is 0 Å². The number of benzene rings is 2. The summed E-state index contributed by atoms with van der Waals surface area (Å²) >= 11 is 0. The zero-order valence-electron chi connectivity index (χ0n) is 21.5. The average Bonchev–Trinajstić information content (AvgIpc) is 3.34. The molecule has 0 aliphatic carbocycles. The van der Waals surface area contributed by atoms with Crippen LogP contribution >= 0.6 is 0 Å². The molecule has 1 fully saturated rings. The number of piperazine rings is 1. The molecule has 37 heavy (non-hydrogen) atoms. The second-order valence-corrected chi connectivity index (χ2v) is 8.76. The lowest BCUT2D eigenvalue weighted by Gasteiger charge is -2.34. The Bertz CT molecular complexity index is 1200. The van der Waals surface area contributed by atoms with Gasteiger partial charge in [-0.1, -0.05) is 0 Å². The fourth-order valence-corrected chi connectivity index (χ4v) is 4.16. The predicted molar refractivity (Wildman–Crippen MR) is 140 cm³/mol. The van der Waals surface area contributed by atoms with Crippen molar-refractivity contribution >= 4 is 17.5 Å². The average molecular weight is 508 g/mol. The highest BCUT2D eigenvalue weighted by molar-refractivity contribution is 5.93. The molecular weight excluding hydrogens is 474 g/mol. The van der Waals surface area contributed by atoms with E-state index in [1.54, 1.807) is 49.2 Å². The summed E-state index contributed by atoms with van der Waals surface area (Å²) in [4.78, 5) is 28.2. The molecule has 2 amide bonds. The van der Waals surface area contributed by atoms with Crippen LogP contribution in [-0.4, -0.2) is 84.4 Å². The van der Waals surface area contributed by atoms with Crippen molar-refractivity contribution in [1.82, 2.24) is 19.6 Å². The minimum Gasteiger partial charge on any atom is -0.497 e. The number of methoxy groups -OCH3 is 1. The molecule has 0 atom stereocenters. The molecular formula is C27H33N5O5. The highest BCUT2D eigenvalue weighted by Gasteiger charge is 2.19. The molecule has 10 heteroatoms. The van der Waals surface area contributed by atoms with E-state index in [1.165, 1.54) is 0 Å². The van der Waals surface area contributed by atoms with Crippen molar-refractivity contribution in [3.8, 4) is 28.5 Å². The summed E-state index contributed by atoms with van der Waals surface area (Å²) in [7, 11) is 3.46. The van der Waals surface area contributed by atoms with Crippen LogP contribution in [0.3, 0.4) is 0 Å². The van der Waals surface area contributed by atoms with Crippen LogP contribution in [0.25, 0.3) is 11.3 Å². The lowest BCUT2D eigenvalue weighted by molar-refractivity contribution is -0.130. The second-order valence-electron chi connectivity index (χ2n) is 8.76. The minimum absolute atomic E-state index is 0.121.